The monoisotopic (exact) mass is 450 g/mol. The standard InChI is InChI=1S/C24H26N4O3S/c1-16-14-28(15-17(2)31-16)22-11-10-18(13-25-22)26-23(29)19-7-4-5-8-20(19)27(3)24(30)21-9-6-12-32-21/h4-13,16-17H,14-15H2,1-3H3,(H,26,29). The minimum atomic E-state index is -0.297. The molecule has 3 heterocycles. The number of morpholine rings is 1. The first-order valence-electron chi connectivity index (χ1n) is 10.5. The first-order chi connectivity index (χ1) is 15.4. The Kier molecular flexibility index (Phi) is 6.53. The number of hydrogen-bond donors (Lipinski definition) is 1. The van der Waals surface area contributed by atoms with Crippen LogP contribution < -0.4 is 15.1 Å². The predicted octanol–water partition coefficient (Wildman–Crippen LogP) is 4.29. The van der Waals surface area contributed by atoms with Gasteiger partial charge in [-0.25, -0.2) is 4.98 Å². The van der Waals surface area contributed by atoms with E-state index in [1.807, 2.05) is 29.6 Å². The quantitative estimate of drug-likeness (QED) is 0.628. The first kappa shape index (κ1) is 22.0. The number of rotatable bonds is 5. The molecule has 2 aromatic heterocycles. The normalized spacial score (nSPS) is 18.3. The van der Waals surface area contributed by atoms with Gasteiger partial charge in [-0.15, -0.1) is 11.3 Å². The van der Waals surface area contributed by atoms with Crippen LogP contribution in [-0.4, -0.2) is 49.1 Å². The van der Waals surface area contributed by atoms with Crippen LogP contribution >= 0.6 is 11.3 Å². The number of hydrogen-bond acceptors (Lipinski definition) is 6. The molecule has 2 unspecified atom stereocenters. The van der Waals surface area contributed by atoms with Crippen molar-refractivity contribution >= 4 is 40.3 Å². The van der Waals surface area contributed by atoms with Crippen LogP contribution in [-0.2, 0) is 4.74 Å². The molecule has 4 rings (SSSR count). The molecule has 166 valence electrons. The van der Waals surface area contributed by atoms with E-state index in [2.05, 4.69) is 29.0 Å². The SMILES string of the molecule is CC1CN(c2ccc(NC(=O)c3ccccc3N(C)C(=O)c3cccs3)cn2)CC(C)O1. The van der Waals surface area contributed by atoms with Crippen LogP contribution in [0.25, 0.3) is 0 Å². The minimum absolute atomic E-state index is 0.144. The maximum Gasteiger partial charge on any atom is 0.268 e. The van der Waals surface area contributed by atoms with E-state index in [4.69, 9.17) is 4.74 Å². The van der Waals surface area contributed by atoms with Gasteiger partial charge >= 0.3 is 0 Å². The molecule has 8 heteroatoms. The third kappa shape index (κ3) is 4.81. The number of thiophene rings is 1. The van der Waals surface area contributed by atoms with Crippen molar-refractivity contribution in [1.82, 2.24) is 4.98 Å². The van der Waals surface area contributed by atoms with Gasteiger partial charge in [0.25, 0.3) is 11.8 Å². The van der Waals surface area contributed by atoms with Gasteiger partial charge in [0.05, 0.1) is 40.2 Å². The smallest absolute Gasteiger partial charge is 0.268 e. The molecule has 2 atom stereocenters. The lowest BCUT2D eigenvalue weighted by atomic mass is 10.1. The second kappa shape index (κ2) is 9.50. The fourth-order valence-corrected chi connectivity index (χ4v) is 4.54. The number of aromatic nitrogens is 1. The first-order valence-corrected chi connectivity index (χ1v) is 11.4. The second-order valence-corrected chi connectivity index (χ2v) is 8.83. The largest absolute Gasteiger partial charge is 0.372 e. The third-order valence-corrected chi connectivity index (χ3v) is 6.15. The summed E-state index contributed by atoms with van der Waals surface area (Å²) in [6, 6.07) is 14.4. The van der Waals surface area contributed by atoms with E-state index in [-0.39, 0.29) is 24.0 Å². The number of amides is 2. The van der Waals surface area contributed by atoms with Crippen molar-refractivity contribution in [2.75, 3.05) is 35.3 Å². The fraction of sp³-hybridized carbons (Fsp3) is 0.292. The molecule has 1 aliphatic heterocycles. The molecule has 0 radical (unpaired) electrons. The van der Waals surface area contributed by atoms with Gasteiger partial charge in [0.1, 0.15) is 5.82 Å². The summed E-state index contributed by atoms with van der Waals surface area (Å²) < 4.78 is 5.78. The van der Waals surface area contributed by atoms with E-state index in [0.717, 1.165) is 18.9 Å². The van der Waals surface area contributed by atoms with Gasteiger partial charge in [-0.05, 0) is 49.6 Å². The molecular weight excluding hydrogens is 424 g/mol. The molecule has 0 spiro atoms. The van der Waals surface area contributed by atoms with Crippen LogP contribution in [0.15, 0.2) is 60.1 Å². The van der Waals surface area contributed by atoms with Gasteiger partial charge in [-0.3, -0.25) is 9.59 Å². The molecule has 1 aromatic carbocycles. The summed E-state index contributed by atoms with van der Waals surface area (Å²) in [7, 11) is 1.68. The second-order valence-electron chi connectivity index (χ2n) is 7.88. The lowest BCUT2D eigenvalue weighted by molar-refractivity contribution is -0.00545. The lowest BCUT2D eigenvalue weighted by Crippen LogP contribution is -2.45. The van der Waals surface area contributed by atoms with Crippen molar-refractivity contribution in [1.29, 1.82) is 0 Å². The van der Waals surface area contributed by atoms with Crippen LogP contribution in [0.4, 0.5) is 17.2 Å². The summed E-state index contributed by atoms with van der Waals surface area (Å²) in [6.07, 6.45) is 1.94. The van der Waals surface area contributed by atoms with Crippen molar-refractivity contribution in [3.05, 3.63) is 70.5 Å². The van der Waals surface area contributed by atoms with Gasteiger partial charge < -0.3 is 19.9 Å². The molecule has 1 fully saturated rings. The van der Waals surface area contributed by atoms with Crippen molar-refractivity contribution < 1.29 is 14.3 Å². The third-order valence-electron chi connectivity index (χ3n) is 5.30. The number of para-hydroxylation sites is 1. The number of benzene rings is 1. The number of ether oxygens (including phenoxy) is 1. The summed E-state index contributed by atoms with van der Waals surface area (Å²) in [5, 5.41) is 4.75. The molecule has 0 bridgehead atoms. The van der Waals surface area contributed by atoms with Gasteiger partial charge in [0, 0.05) is 20.1 Å². The average Bonchev–Trinajstić information content (AvgIpc) is 3.33. The molecule has 1 saturated heterocycles. The Bertz CT molecular complexity index is 1070. The zero-order valence-electron chi connectivity index (χ0n) is 18.3. The van der Waals surface area contributed by atoms with Gasteiger partial charge in [-0.2, -0.15) is 0 Å². The van der Waals surface area contributed by atoms with Gasteiger partial charge in [0.15, 0.2) is 0 Å². The summed E-state index contributed by atoms with van der Waals surface area (Å²) in [6.45, 7) is 5.66. The summed E-state index contributed by atoms with van der Waals surface area (Å²) in [4.78, 5) is 34.6. The Balaban J connectivity index is 1.48. The highest BCUT2D eigenvalue weighted by molar-refractivity contribution is 7.12. The van der Waals surface area contributed by atoms with E-state index in [0.29, 0.717) is 21.8 Å². The topological polar surface area (TPSA) is 74.8 Å². The molecule has 1 aliphatic rings. The number of pyridine rings is 1. The number of anilines is 3. The maximum atomic E-state index is 13.0. The van der Waals surface area contributed by atoms with Crippen molar-refractivity contribution in [3.8, 4) is 0 Å². The Morgan fingerprint density at radius 1 is 1.09 bits per heavy atom. The number of carbonyl (C=O) groups excluding carboxylic acids is 2. The van der Waals surface area contributed by atoms with E-state index < -0.39 is 0 Å². The van der Waals surface area contributed by atoms with Crippen LogP contribution in [0.3, 0.4) is 0 Å². The Hall–Kier alpha value is -3.23. The zero-order chi connectivity index (χ0) is 22.7. The van der Waals surface area contributed by atoms with Gasteiger partial charge in [-0.1, -0.05) is 18.2 Å². The van der Waals surface area contributed by atoms with Crippen molar-refractivity contribution in [2.45, 2.75) is 26.1 Å². The number of carbonyl (C=O) groups is 2. The summed E-state index contributed by atoms with van der Waals surface area (Å²) >= 11 is 1.37. The van der Waals surface area contributed by atoms with Crippen LogP contribution in [0.2, 0.25) is 0 Å². The van der Waals surface area contributed by atoms with E-state index in [9.17, 15) is 9.59 Å². The fourth-order valence-electron chi connectivity index (χ4n) is 3.84. The highest BCUT2D eigenvalue weighted by atomic mass is 32.1. The van der Waals surface area contributed by atoms with Gasteiger partial charge in [0.2, 0.25) is 0 Å². The molecule has 0 saturated carbocycles. The lowest BCUT2D eigenvalue weighted by Gasteiger charge is -2.36. The Labute approximate surface area is 191 Å². The van der Waals surface area contributed by atoms with Crippen molar-refractivity contribution in [2.24, 2.45) is 0 Å². The van der Waals surface area contributed by atoms with E-state index in [1.165, 1.54) is 16.2 Å². The summed E-state index contributed by atoms with van der Waals surface area (Å²) in [5.41, 5.74) is 1.55. The molecule has 7 nitrogen and oxygen atoms in total. The Morgan fingerprint density at radius 2 is 1.84 bits per heavy atom. The van der Waals surface area contributed by atoms with E-state index in [1.54, 1.807) is 37.5 Å². The Morgan fingerprint density at radius 3 is 2.50 bits per heavy atom. The van der Waals surface area contributed by atoms with Crippen LogP contribution in [0.5, 0.6) is 0 Å². The molecule has 3 aromatic rings. The predicted molar refractivity (Wildman–Crippen MR) is 128 cm³/mol. The highest BCUT2D eigenvalue weighted by Crippen LogP contribution is 2.24. The zero-order valence-corrected chi connectivity index (χ0v) is 19.1. The molecule has 2 amide bonds. The minimum Gasteiger partial charge on any atom is -0.372 e. The molecule has 32 heavy (non-hydrogen) atoms. The highest BCUT2D eigenvalue weighted by Gasteiger charge is 2.23. The number of nitrogens with zero attached hydrogens (tertiary/aromatic N) is 3. The molecule has 1 N–H and O–H groups in total. The van der Waals surface area contributed by atoms with Crippen molar-refractivity contribution in [3.63, 3.8) is 0 Å². The molecular formula is C24H26N4O3S. The van der Waals surface area contributed by atoms with Crippen LogP contribution in [0.1, 0.15) is 33.9 Å². The summed E-state index contributed by atoms with van der Waals surface area (Å²) in [5.74, 6) is 0.404. The molecule has 0 aliphatic carbocycles. The average molecular weight is 451 g/mol. The maximum absolute atomic E-state index is 13.0. The number of nitrogens with one attached hydrogen (secondary N) is 1. The van der Waals surface area contributed by atoms with Crippen LogP contribution in [0, 0.1) is 0 Å². The van der Waals surface area contributed by atoms with E-state index >= 15 is 0 Å².